The topological polar surface area (TPSA) is 71.5 Å². The van der Waals surface area contributed by atoms with Crippen molar-refractivity contribution in [3.8, 4) is 0 Å². The first-order valence-electron chi connectivity index (χ1n) is 6.77. The highest BCUT2D eigenvalue weighted by molar-refractivity contribution is 5.87. The molecule has 3 heterocycles. The summed E-state index contributed by atoms with van der Waals surface area (Å²) in [6.45, 7) is 1.62. The number of carboxylic acids is 1. The summed E-state index contributed by atoms with van der Waals surface area (Å²) in [5, 5.41) is 12.2. The van der Waals surface area contributed by atoms with Crippen LogP contribution < -0.4 is 5.32 Å². The summed E-state index contributed by atoms with van der Waals surface area (Å²) in [5.41, 5.74) is 1.10. The number of pyridine rings is 1. The van der Waals surface area contributed by atoms with Gasteiger partial charge in [-0.05, 0) is 31.4 Å². The number of nitrogens with zero attached hydrogens (tertiary/aromatic N) is 1. The Balaban J connectivity index is 1.46. The Morgan fingerprint density at radius 1 is 1.47 bits per heavy atom. The molecule has 0 saturated carbocycles. The molecule has 2 aliphatic heterocycles. The number of aromatic carboxylic acids is 1. The summed E-state index contributed by atoms with van der Waals surface area (Å²) in [4.78, 5) is 14.8. The molecule has 2 bridgehead atoms. The van der Waals surface area contributed by atoms with E-state index in [-0.39, 0.29) is 5.56 Å². The Morgan fingerprint density at radius 3 is 2.95 bits per heavy atom. The number of hydrogen-bond donors (Lipinski definition) is 2. The van der Waals surface area contributed by atoms with Gasteiger partial charge < -0.3 is 15.2 Å². The lowest BCUT2D eigenvalue weighted by Gasteiger charge is -2.18. The third kappa shape index (κ3) is 2.77. The van der Waals surface area contributed by atoms with E-state index < -0.39 is 5.97 Å². The number of hydrogen-bond acceptors (Lipinski definition) is 4. The number of carboxylic acid groups (broad SMARTS) is 1. The predicted octanol–water partition coefficient (Wildman–Crippen LogP) is 1.44. The van der Waals surface area contributed by atoms with Crippen molar-refractivity contribution in [1.29, 1.82) is 0 Å². The third-order valence-corrected chi connectivity index (χ3v) is 4.02. The van der Waals surface area contributed by atoms with Gasteiger partial charge in [-0.15, -0.1) is 0 Å². The monoisotopic (exact) mass is 262 g/mol. The van der Waals surface area contributed by atoms with E-state index in [1.165, 1.54) is 25.5 Å². The zero-order valence-corrected chi connectivity index (χ0v) is 10.7. The minimum atomic E-state index is -0.939. The first-order valence-corrected chi connectivity index (χ1v) is 6.77. The summed E-state index contributed by atoms with van der Waals surface area (Å²) in [6.07, 6.45) is 5.93. The van der Waals surface area contributed by atoms with Crippen molar-refractivity contribution in [3.05, 3.63) is 29.6 Å². The van der Waals surface area contributed by atoms with Gasteiger partial charge in [-0.1, -0.05) is 0 Å². The summed E-state index contributed by atoms with van der Waals surface area (Å²) in [7, 11) is 0. The molecule has 2 aliphatic rings. The average molecular weight is 262 g/mol. The van der Waals surface area contributed by atoms with Crippen LogP contribution in [0, 0.1) is 5.92 Å². The van der Waals surface area contributed by atoms with Crippen molar-refractivity contribution < 1.29 is 14.6 Å². The maximum Gasteiger partial charge on any atom is 0.337 e. The van der Waals surface area contributed by atoms with Crippen LogP contribution in [-0.2, 0) is 11.3 Å². The number of nitrogens with one attached hydrogen (secondary N) is 1. The summed E-state index contributed by atoms with van der Waals surface area (Å²) < 4.78 is 5.81. The van der Waals surface area contributed by atoms with Crippen LogP contribution in [0.15, 0.2) is 18.3 Å². The standard InChI is InChI=1S/C14H18N2O3/c17-14(18)9-1-2-11(16-7-9)8-15-6-10-5-12-3-4-13(10)19-12/h1-2,7,10,12-13,15H,3-6,8H2,(H,17,18). The van der Waals surface area contributed by atoms with Crippen LogP contribution in [0.2, 0.25) is 0 Å². The first kappa shape index (κ1) is 12.6. The zero-order chi connectivity index (χ0) is 13.2. The predicted molar refractivity (Wildman–Crippen MR) is 68.9 cm³/mol. The fourth-order valence-electron chi connectivity index (χ4n) is 3.00. The second-order valence-electron chi connectivity index (χ2n) is 5.34. The molecular formula is C14H18N2O3. The molecule has 0 aromatic carbocycles. The lowest BCUT2D eigenvalue weighted by molar-refractivity contribution is 0.0696. The number of aromatic nitrogens is 1. The van der Waals surface area contributed by atoms with Gasteiger partial charge in [0.2, 0.25) is 0 Å². The van der Waals surface area contributed by atoms with E-state index in [2.05, 4.69) is 10.3 Å². The van der Waals surface area contributed by atoms with Crippen LogP contribution in [0.1, 0.15) is 35.3 Å². The Hall–Kier alpha value is -1.46. The van der Waals surface area contributed by atoms with Crippen LogP contribution >= 0.6 is 0 Å². The molecule has 102 valence electrons. The second-order valence-corrected chi connectivity index (χ2v) is 5.34. The van der Waals surface area contributed by atoms with E-state index in [1.54, 1.807) is 12.1 Å². The maximum atomic E-state index is 10.7. The number of carbonyl (C=O) groups is 1. The van der Waals surface area contributed by atoms with E-state index in [4.69, 9.17) is 9.84 Å². The molecule has 1 aromatic heterocycles. The van der Waals surface area contributed by atoms with Gasteiger partial charge in [-0.3, -0.25) is 4.98 Å². The van der Waals surface area contributed by atoms with Gasteiger partial charge in [-0.25, -0.2) is 4.79 Å². The lowest BCUT2D eigenvalue weighted by atomic mass is 9.89. The summed E-state index contributed by atoms with van der Waals surface area (Å²) >= 11 is 0. The molecule has 2 N–H and O–H groups in total. The largest absolute Gasteiger partial charge is 0.478 e. The Labute approximate surface area is 112 Å². The van der Waals surface area contributed by atoms with Crippen LogP contribution in [0.5, 0.6) is 0 Å². The Bertz CT molecular complexity index is 460. The molecule has 1 aromatic rings. The number of ether oxygens (including phenoxy) is 1. The van der Waals surface area contributed by atoms with Crippen molar-refractivity contribution in [3.63, 3.8) is 0 Å². The average Bonchev–Trinajstić information content (AvgIpc) is 3.02. The zero-order valence-electron chi connectivity index (χ0n) is 10.7. The first-order chi connectivity index (χ1) is 9.22. The quantitative estimate of drug-likeness (QED) is 0.840. The van der Waals surface area contributed by atoms with Crippen molar-refractivity contribution in [1.82, 2.24) is 10.3 Å². The van der Waals surface area contributed by atoms with E-state index in [9.17, 15) is 4.79 Å². The molecule has 0 spiro atoms. The lowest BCUT2D eigenvalue weighted by Crippen LogP contribution is -2.29. The molecular weight excluding hydrogens is 244 g/mol. The molecule has 0 amide bonds. The Morgan fingerprint density at radius 2 is 2.37 bits per heavy atom. The number of rotatable bonds is 5. The van der Waals surface area contributed by atoms with Gasteiger partial charge in [0, 0.05) is 25.2 Å². The minimum absolute atomic E-state index is 0.227. The van der Waals surface area contributed by atoms with Gasteiger partial charge >= 0.3 is 5.97 Å². The van der Waals surface area contributed by atoms with Crippen molar-refractivity contribution >= 4 is 5.97 Å². The minimum Gasteiger partial charge on any atom is -0.478 e. The molecule has 0 aliphatic carbocycles. The van der Waals surface area contributed by atoms with Crippen LogP contribution in [-0.4, -0.2) is 34.8 Å². The van der Waals surface area contributed by atoms with E-state index >= 15 is 0 Å². The van der Waals surface area contributed by atoms with Gasteiger partial charge in [0.25, 0.3) is 0 Å². The SMILES string of the molecule is O=C(O)c1ccc(CNCC2CC3CCC2O3)nc1. The van der Waals surface area contributed by atoms with E-state index in [1.807, 2.05) is 0 Å². The molecule has 2 fully saturated rings. The molecule has 0 radical (unpaired) electrons. The van der Waals surface area contributed by atoms with E-state index in [0.717, 1.165) is 12.2 Å². The van der Waals surface area contributed by atoms with Gasteiger partial charge in [0.15, 0.2) is 0 Å². The van der Waals surface area contributed by atoms with Gasteiger partial charge in [-0.2, -0.15) is 0 Å². The van der Waals surface area contributed by atoms with Crippen molar-refractivity contribution in [2.45, 2.75) is 38.0 Å². The highest BCUT2D eigenvalue weighted by atomic mass is 16.5. The molecule has 19 heavy (non-hydrogen) atoms. The number of fused-ring (bicyclic) bond motifs is 2. The molecule has 3 unspecified atom stereocenters. The fraction of sp³-hybridized carbons (Fsp3) is 0.571. The fourth-order valence-corrected chi connectivity index (χ4v) is 3.00. The molecule has 5 nitrogen and oxygen atoms in total. The van der Waals surface area contributed by atoms with Crippen LogP contribution in [0.4, 0.5) is 0 Å². The van der Waals surface area contributed by atoms with Crippen LogP contribution in [0.25, 0.3) is 0 Å². The Kier molecular flexibility index (Phi) is 3.48. The molecule has 3 atom stereocenters. The van der Waals surface area contributed by atoms with Crippen LogP contribution in [0.3, 0.4) is 0 Å². The molecule has 3 rings (SSSR count). The highest BCUT2D eigenvalue weighted by Gasteiger charge is 2.40. The van der Waals surface area contributed by atoms with Crippen molar-refractivity contribution in [2.75, 3.05) is 6.54 Å². The van der Waals surface area contributed by atoms with Gasteiger partial charge in [0.05, 0.1) is 23.5 Å². The molecule has 2 saturated heterocycles. The maximum absolute atomic E-state index is 10.7. The summed E-state index contributed by atoms with van der Waals surface area (Å²) in [5.74, 6) is -0.316. The van der Waals surface area contributed by atoms with Gasteiger partial charge in [0.1, 0.15) is 0 Å². The molecule has 5 heteroatoms. The normalized spacial score (nSPS) is 28.7. The summed E-state index contributed by atoms with van der Waals surface area (Å²) in [6, 6.07) is 3.35. The van der Waals surface area contributed by atoms with Crippen molar-refractivity contribution in [2.24, 2.45) is 5.92 Å². The highest BCUT2D eigenvalue weighted by Crippen LogP contribution is 2.38. The smallest absolute Gasteiger partial charge is 0.337 e. The third-order valence-electron chi connectivity index (χ3n) is 4.02. The van der Waals surface area contributed by atoms with E-state index in [0.29, 0.717) is 24.7 Å². The second kappa shape index (κ2) is 5.27.